The molecule has 0 aliphatic heterocycles. The van der Waals surface area contributed by atoms with Crippen molar-refractivity contribution in [3.8, 4) is 0 Å². The van der Waals surface area contributed by atoms with E-state index in [1.807, 2.05) is 6.20 Å². The number of aromatic nitrogens is 1. The minimum atomic E-state index is 0.835. The van der Waals surface area contributed by atoms with Crippen molar-refractivity contribution < 1.29 is 4.42 Å². The highest BCUT2D eigenvalue weighted by Gasteiger charge is 2.16. The normalized spacial score (nSPS) is 17.2. The maximum Gasteiger partial charge on any atom is 0.194 e. The van der Waals surface area contributed by atoms with E-state index in [0.717, 1.165) is 49.9 Å². The van der Waals surface area contributed by atoms with Gasteiger partial charge in [-0.1, -0.05) is 39.0 Å². The molecule has 0 amide bonds. The van der Waals surface area contributed by atoms with E-state index in [2.05, 4.69) is 17.2 Å². The molecular formula is C15H26N2O. The zero-order valence-electron chi connectivity index (χ0n) is 11.6. The summed E-state index contributed by atoms with van der Waals surface area (Å²) >= 11 is 0. The summed E-state index contributed by atoms with van der Waals surface area (Å²) in [6.45, 7) is 4.22. The number of nitrogens with zero attached hydrogens (tertiary/aromatic N) is 1. The van der Waals surface area contributed by atoms with E-state index in [1.54, 1.807) is 0 Å². The number of hydrogen-bond acceptors (Lipinski definition) is 3. The number of rotatable bonds is 7. The third-order valence-corrected chi connectivity index (χ3v) is 3.81. The van der Waals surface area contributed by atoms with Gasteiger partial charge in [0.05, 0.1) is 6.20 Å². The molecule has 0 unspecified atom stereocenters. The standard InChI is InChI=1S/C15H26N2O/c1-2-16-10-6-9-15-17-12-14(18-15)11-13-7-4-3-5-8-13/h12-13,16H,2-11H2,1H3. The summed E-state index contributed by atoms with van der Waals surface area (Å²) in [5.74, 6) is 2.85. The zero-order chi connectivity index (χ0) is 12.6. The topological polar surface area (TPSA) is 38.1 Å². The highest BCUT2D eigenvalue weighted by atomic mass is 16.4. The first-order valence-corrected chi connectivity index (χ1v) is 7.52. The van der Waals surface area contributed by atoms with Gasteiger partial charge in [0.25, 0.3) is 0 Å². The molecule has 1 fully saturated rings. The van der Waals surface area contributed by atoms with Crippen molar-refractivity contribution in [1.29, 1.82) is 0 Å². The van der Waals surface area contributed by atoms with Gasteiger partial charge in [0.15, 0.2) is 5.89 Å². The molecular weight excluding hydrogens is 224 g/mol. The molecule has 1 aromatic rings. The van der Waals surface area contributed by atoms with Gasteiger partial charge in [0.2, 0.25) is 0 Å². The average Bonchev–Trinajstić information content (AvgIpc) is 2.84. The molecule has 1 N–H and O–H groups in total. The third-order valence-electron chi connectivity index (χ3n) is 3.81. The second-order valence-electron chi connectivity index (χ2n) is 5.39. The SMILES string of the molecule is CCNCCCc1ncc(CC2CCCCC2)o1. The van der Waals surface area contributed by atoms with Crippen molar-refractivity contribution in [2.45, 2.75) is 58.3 Å². The fourth-order valence-corrected chi connectivity index (χ4v) is 2.78. The lowest BCUT2D eigenvalue weighted by Crippen LogP contribution is -2.14. The van der Waals surface area contributed by atoms with E-state index in [9.17, 15) is 0 Å². The molecule has 1 aliphatic rings. The number of aryl methyl sites for hydroxylation is 1. The zero-order valence-corrected chi connectivity index (χ0v) is 11.6. The summed E-state index contributed by atoms with van der Waals surface area (Å²) in [6.07, 6.45) is 12.1. The van der Waals surface area contributed by atoms with Gasteiger partial charge >= 0.3 is 0 Å². The van der Waals surface area contributed by atoms with Crippen LogP contribution in [0.25, 0.3) is 0 Å². The molecule has 0 saturated heterocycles. The van der Waals surface area contributed by atoms with Crippen molar-refractivity contribution in [2.24, 2.45) is 5.92 Å². The van der Waals surface area contributed by atoms with Gasteiger partial charge in [0.1, 0.15) is 5.76 Å². The van der Waals surface area contributed by atoms with Crippen LogP contribution in [0.5, 0.6) is 0 Å². The van der Waals surface area contributed by atoms with Gasteiger partial charge in [-0.05, 0) is 25.4 Å². The quantitative estimate of drug-likeness (QED) is 0.754. The Bertz CT molecular complexity index is 329. The Labute approximate surface area is 110 Å². The molecule has 2 rings (SSSR count). The van der Waals surface area contributed by atoms with E-state index in [-0.39, 0.29) is 0 Å². The summed E-state index contributed by atoms with van der Waals surface area (Å²) in [5, 5.41) is 3.32. The summed E-state index contributed by atoms with van der Waals surface area (Å²) in [7, 11) is 0. The lowest BCUT2D eigenvalue weighted by atomic mass is 9.86. The van der Waals surface area contributed by atoms with Crippen LogP contribution in [0.1, 0.15) is 57.1 Å². The molecule has 0 spiro atoms. The van der Waals surface area contributed by atoms with Crippen molar-refractivity contribution >= 4 is 0 Å². The van der Waals surface area contributed by atoms with Gasteiger partial charge in [-0.2, -0.15) is 0 Å². The van der Waals surface area contributed by atoms with Crippen LogP contribution in [0.3, 0.4) is 0 Å². The van der Waals surface area contributed by atoms with E-state index in [1.165, 1.54) is 32.1 Å². The van der Waals surface area contributed by atoms with Gasteiger partial charge in [-0.25, -0.2) is 4.98 Å². The maximum absolute atomic E-state index is 5.83. The molecule has 18 heavy (non-hydrogen) atoms. The maximum atomic E-state index is 5.83. The van der Waals surface area contributed by atoms with Crippen LogP contribution < -0.4 is 5.32 Å². The molecule has 102 valence electrons. The number of oxazole rings is 1. The Morgan fingerprint density at radius 3 is 2.94 bits per heavy atom. The van der Waals surface area contributed by atoms with Crippen LogP contribution in [0.2, 0.25) is 0 Å². The van der Waals surface area contributed by atoms with Crippen LogP contribution in [0, 0.1) is 5.92 Å². The van der Waals surface area contributed by atoms with Gasteiger partial charge in [-0.3, -0.25) is 0 Å². The minimum Gasteiger partial charge on any atom is -0.446 e. The van der Waals surface area contributed by atoms with Crippen molar-refractivity contribution in [3.63, 3.8) is 0 Å². The first-order chi connectivity index (χ1) is 8.88. The first kappa shape index (κ1) is 13.6. The van der Waals surface area contributed by atoms with Crippen LogP contribution in [-0.2, 0) is 12.8 Å². The molecule has 1 aliphatic carbocycles. The summed E-state index contributed by atoms with van der Waals surface area (Å²) in [4.78, 5) is 4.38. The highest BCUT2D eigenvalue weighted by molar-refractivity contribution is 4.96. The largest absolute Gasteiger partial charge is 0.446 e. The Hall–Kier alpha value is -0.830. The van der Waals surface area contributed by atoms with E-state index >= 15 is 0 Å². The molecule has 0 radical (unpaired) electrons. The molecule has 1 aromatic heterocycles. The van der Waals surface area contributed by atoms with E-state index in [0.29, 0.717) is 0 Å². The Morgan fingerprint density at radius 1 is 1.33 bits per heavy atom. The molecule has 0 aromatic carbocycles. The second-order valence-corrected chi connectivity index (χ2v) is 5.39. The number of nitrogens with one attached hydrogen (secondary N) is 1. The lowest BCUT2D eigenvalue weighted by molar-refractivity contribution is 0.328. The minimum absolute atomic E-state index is 0.835. The third kappa shape index (κ3) is 4.45. The first-order valence-electron chi connectivity index (χ1n) is 7.52. The van der Waals surface area contributed by atoms with Crippen LogP contribution in [-0.4, -0.2) is 18.1 Å². The fourth-order valence-electron chi connectivity index (χ4n) is 2.78. The van der Waals surface area contributed by atoms with Crippen LogP contribution >= 0.6 is 0 Å². The molecule has 0 atom stereocenters. The molecule has 1 saturated carbocycles. The Morgan fingerprint density at radius 2 is 2.17 bits per heavy atom. The van der Waals surface area contributed by atoms with E-state index < -0.39 is 0 Å². The Balaban J connectivity index is 1.71. The second kappa shape index (κ2) is 7.57. The fraction of sp³-hybridized carbons (Fsp3) is 0.800. The lowest BCUT2D eigenvalue weighted by Gasteiger charge is -2.19. The van der Waals surface area contributed by atoms with Crippen molar-refractivity contribution in [1.82, 2.24) is 10.3 Å². The monoisotopic (exact) mass is 250 g/mol. The molecule has 1 heterocycles. The summed E-state index contributed by atoms with van der Waals surface area (Å²) in [6, 6.07) is 0. The van der Waals surface area contributed by atoms with Gasteiger partial charge in [-0.15, -0.1) is 0 Å². The summed E-state index contributed by atoms with van der Waals surface area (Å²) < 4.78 is 5.83. The highest BCUT2D eigenvalue weighted by Crippen LogP contribution is 2.27. The van der Waals surface area contributed by atoms with Crippen LogP contribution in [0.15, 0.2) is 10.6 Å². The molecule has 3 nitrogen and oxygen atoms in total. The predicted octanol–water partition coefficient (Wildman–Crippen LogP) is 3.34. The van der Waals surface area contributed by atoms with Crippen LogP contribution in [0.4, 0.5) is 0 Å². The molecule has 0 bridgehead atoms. The Kier molecular flexibility index (Phi) is 5.72. The van der Waals surface area contributed by atoms with Gasteiger partial charge < -0.3 is 9.73 Å². The summed E-state index contributed by atoms with van der Waals surface area (Å²) in [5.41, 5.74) is 0. The number of hydrogen-bond donors (Lipinski definition) is 1. The smallest absolute Gasteiger partial charge is 0.194 e. The predicted molar refractivity (Wildman–Crippen MR) is 73.6 cm³/mol. The molecule has 3 heteroatoms. The van der Waals surface area contributed by atoms with Crippen molar-refractivity contribution in [2.75, 3.05) is 13.1 Å². The average molecular weight is 250 g/mol. The van der Waals surface area contributed by atoms with Gasteiger partial charge in [0, 0.05) is 12.8 Å². The van der Waals surface area contributed by atoms with E-state index in [4.69, 9.17) is 4.42 Å². The van der Waals surface area contributed by atoms with Crippen molar-refractivity contribution in [3.05, 3.63) is 17.8 Å².